The zero-order chi connectivity index (χ0) is 22.8. The van der Waals surface area contributed by atoms with E-state index in [9.17, 15) is 4.79 Å². The maximum Gasteiger partial charge on any atom is 0.259 e. The van der Waals surface area contributed by atoms with Crippen molar-refractivity contribution in [2.45, 2.75) is 32.9 Å². The van der Waals surface area contributed by atoms with Crippen molar-refractivity contribution in [1.29, 1.82) is 0 Å². The third-order valence-corrected chi connectivity index (χ3v) is 5.11. The van der Waals surface area contributed by atoms with Gasteiger partial charge in [0, 0.05) is 32.7 Å². The number of rotatable bonds is 11. The second-order valence-electron chi connectivity index (χ2n) is 8.14. The highest BCUT2D eigenvalue weighted by atomic mass is 127. The Morgan fingerprint density at radius 1 is 1.09 bits per heavy atom. The van der Waals surface area contributed by atoms with Gasteiger partial charge in [-0.25, -0.2) is 4.99 Å². The number of hydrogen-bond acceptors (Lipinski definition) is 4. The lowest BCUT2D eigenvalue weighted by Gasteiger charge is -2.15. The van der Waals surface area contributed by atoms with E-state index in [4.69, 9.17) is 14.5 Å². The van der Waals surface area contributed by atoms with E-state index in [1.165, 1.54) is 17.7 Å². The maximum atomic E-state index is 11.7. The van der Waals surface area contributed by atoms with Crippen molar-refractivity contribution >= 4 is 35.8 Å². The Bertz CT molecular complexity index is 916. The summed E-state index contributed by atoms with van der Waals surface area (Å²) in [5, 5.41) is 6.68. The van der Waals surface area contributed by atoms with Gasteiger partial charge in [0.05, 0.1) is 13.2 Å². The van der Waals surface area contributed by atoms with Crippen LogP contribution in [0.4, 0.5) is 0 Å². The average Bonchev–Trinajstić information content (AvgIpc) is 3.63. The van der Waals surface area contributed by atoms with E-state index in [2.05, 4.69) is 16.7 Å². The molecular formula is C25H35IN4O3. The van der Waals surface area contributed by atoms with Crippen molar-refractivity contribution in [3.8, 4) is 11.5 Å². The monoisotopic (exact) mass is 566 g/mol. The summed E-state index contributed by atoms with van der Waals surface area (Å²) >= 11 is 0. The summed E-state index contributed by atoms with van der Waals surface area (Å²) in [6.07, 6.45) is 2.55. The predicted octanol–water partition coefficient (Wildman–Crippen LogP) is 3.82. The van der Waals surface area contributed by atoms with E-state index in [0.717, 1.165) is 41.9 Å². The zero-order valence-electron chi connectivity index (χ0n) is 19.7. The first-order chi connectivity index (χ1) is 15.5. The molecular weight excluding hydrogens is 531 g/mol. The van der Waals surface area contributed by atoms with Gasteiger partial charge in [-0.05, 0) is 49.4 Å². The molecule has 0 aliphatic heterocycles. The summed E-state index contributed by atoms with van der Waals surface area (Å²) in [6.45, 7) is 4.74. The van der Waals surface area contributed by atoms with Gasteiger partial charge in [0.25, 0.3) is 5.91 Å². The number of ether oxygens (including phenoxy) is 2. The van der Waals surface area contributed by atoms with E-state index in [1.54, 1.807) is 14.1 Å². The lowest BCUT2D eigenvalue weighted by molar-refractivity contribution is -0.130. The van der Waals surface area contributed by atoms with Crippen molar-refractivity contribution < 1.29 is 14.3 Å². The molecule has 0 bridgehead atoms. The Balaban J connectivity index is 0.00000385. The quantitative estimate of drug-likeness (QED) is 0.246. The minimum absolute atomic E-state index is 0. The fourth-order valence-corrected chi connectivity index (χ4v) is 2.98. The SMILES string of the molecule is CCNC(=NCc1cccc(OCC(=O)N(C)C)c1)NCc1ccccc1OCC1CC1.I. The summed E-state index contributed by atoms with van der Waals surface area (Å²) in [5.41, 5.74) is 2.12. The highest BCUT2D eigenvalue weighted by Gasteiger charge is 2.22. The van der Waals surface area contributed by atoms with Gasteiger partial charge in [-0.2, -0.15) is 0 Å². The highest BCUT2D eigenvalue weighted by molar-refractivity contribution is 14.0. The normalized spacial score (nSPS) is 13.0. The minimum atomic E-state index is -0.0755. The molecule has 1 fully saturated rings. The van der Waals surface area contributed by atoms with Crippen LogP contribution in [0.2, 0.25) is 0 Å². The Morgan fingerprint density at radius 2 is 1.88 bits per heavy atom. The molecule has 0 saturated heterocycles. The van der Waals surface area contributed by atoms with E-state index in [0.29, 0.717) is 18.8 Å². The summed E-state index contributed by atoms with van der Waals surface area (Å²) in [5.74, 6) is 2.97. The second kappa shape index (κ2) is 13.9. The van der Waals surface area contributed by atoms with Crippen molar-refractivity contribution in [3.05, 3.63) is 59.7 Å². The second-order valence-corrected chi connectivity index (χ2v) is 8.14. The molecule has 1 saturated carbocycles. The van der Waals surface area contributed by atoms with Crippen molar-refractivity contribution in [2.24, 2.45) is 10.9 Å². The number of aliphatic imine (C=N–C) groups is 1. The van der Waals surface area contributed by atoms with Gasteiger partial charge in [-0.15, -0.1) is 24.0 Å². The highest BCUT2D eigenvalue weighted by Crippen LogP contribution is 2.30. The number of benzene rings is 2. The fourth-order valence-electron chi connectivity index (χ4n) is 2.98. The molecule has 0 radical (unpaired) electrons. The van der Waals surface area contributed by atoms with Gasteiger partial charge < -0.3 is 25.0 Å². The first-order valence-electron chi connectivity index (χ1n) is 11.2. The van der Waals surface area contributed by atoms with Gasteiger partial charge in [0.2, 0.25) is 0 Å². The standard InChI is InChI=1S/C25H34N4O3.HI/c1-4-26-25(28-16-21-9-5-6-11-23(21)32-17-19-12-13-19)27-15-20-8-7-10-22(14-20)31-18-24(30)29(2)3;/h5-11,14,19H,4,12-13,15-18H2,1-3H3,(H2,26,27,28);1H. The van der Waals surface area contributed by atoms with E-state index < -0.39 is 0 Å². The number of carbonyl (C=O) groups excluding carboxylic acids is 1. The lowest BCUT2D eigenvalue weighted by atomic mass is 10.2. The van der Waals surface area contributed by atoms with Crippen LogP contribution in [0.15, 0.2) is 53.5 Å². The van der Waals surface area contributed by atoms with Crippen LogP contribution in [0, 0.1) is 5.92 Å². The Hall–Kier alpha value is -2.49. The smallest absolute Gasteiger partial charge is 0.259 e. The molecule has 0 unspecified atom stereocenters. The number of nitrogens with one attached hydrogen (secondary N) is 2. The summed E-state index contributed by atoms with van der Waals surface area (Å²) in [6, 6.07) is 15.8. The van der Waals surface area contributed by atoms with Crippen LogP contribution in [0.5, 0.6) is 11.5 Å². The number of likely N-dealkylation sites (N-methyl/N-ethyl adjacent to an activating group) is 1. The molecule has 2 N–H and O–H groups in total. The van der Waals surface area contributed by atoms with E-state index >= 15 is 0 Å². The molecule has 3 rings (SSSR count). The van der Waals surface area contributed by atoms with Gasteiger partial charge in [0.15, 0.2) is 12.6 Å². The number of carbonyl (C=O) groups is 1. The minimum Gasteiger partial charge on any atom is -0.493 e. The third kappa shape index (κ3) is 9.49. The van der Waals surface area contributed by atoms with Crippen LogP contribution in [-0.4, -0.2) is 50.6 Å². The van der Waals surface area contributed by atoms with Gasteiger partial charge >= 0.3 is 0 Å². The van der Waals surface area contributed by atoms with Crippen LogP contribution < -0.4 is 20.1 Å². The summed E-state index contributed by atoms with van der Waals surface area (Å²) in [7, 11) is 3.42. The first kappa shape index (κ1) is 26.8. The van der Waals surface area contributed by atoms with Crippen LogP contribution in [0.1, 0.15) is 30.9 Å². The molecule has 0 spiro atoms. The van der Waals surface area contributed by atoms with Crippen LogP contribution in [0.3, 0.4) is 0 Å². The lowest BCUT2D eigenvalue weighted by Crippen LogP contribution is -2.36. The van der Waals surface area contributed by atoms with E-state index in [-0.39, 0.29) is 36.5 Å². The molecule has 180 valence electrons. The van der Waals surface area contributed by atoms with Crippen molar-refractivity contribution in [2.75, 3.05) is 33.9 Å². The summed E-state index contributed by atoms with van der Waals surface area (Å²) in [4.78, 5) is 17.9. The van der Waals surface area contributed by atoms with Crippen LogP contribution >= 0.6 is 24.0 Å². The molecule has 0 atom stereocenters. The van der Waals surface area contributed by atoms with Gasteiger partial charge in [0.1, 0.15) is 11.5 Å². The Kier molecular flexibility index (Phi) is 11.3. The zero-order valence-corrected chi connectivity index (χ0v) is 22.0. The molecule has 33 heavy (non-hydrogen) atoms. The first-order valence-corrected chi connectivity index (χ1v) is 11.2. The fraction of sp³-hybridized carbons (Fsp3) is 0.440. The largest absolute Gasteiger partial charge is 0.493 e. The van der Waals surface area contributed by atoms with Crippen LogP contribution in [-0.2, 0) is 17.9 Å². The number of hydrogen-bond donors (Lipinski definition) is 2. The molecule has 8 heteroatoms. The van der Waals surface area contributed by atoms with Crippen LogP contribution in [0.25, 0.3) is 0 Å². The topological polar surface area (TPSA) is 75.2 Å². The Labute approximate surface area is 214 Å². The number of amides is 1. The molecule has 1 aliphatic rings. The van der Waals surface area contributed by atoms with Gasteiger partial charge in [-0.1, -0.05) is 30.3 Å². The van der Waals surface area contributed by atoms with Gasteiger partial charge in [-0.3, -0.25) is 4.79 Å². The third-order valence-electron chi connectivity index (χ3n) is 5.11. The summed E-state index contributed by atoms with van der Waals surface area (Å²) < 4.78 is 11.6. The van der Waals surface area contributed by atoms with Crippen molar-refractivity contribution in [1.82, 2.24) is 15.5 Å². The van der Waals surface area contributed by atoms with Crippen molar-refractivity contribution in [3.63, 3.8) is 0 Å². The maximum absolute atomic E-state index is 11.7. The molecule has 2 aromatic rings. The number of guanidine groups is 1. The Morgan fingerprint density at radius 3 is 2.61 bits per heavy atom. The molecule has 2 aromatic carbocycles. The number of halogens is 1. The molecule has 1 aliphatic carbocycles. The molecule has 0 heterocycles. The molecule has 0 aromatic heterocycles. The molecule has 7 nitrogen and oxygen atoms in total. The number of nitrogens with zero attached hydrogens (tertiary/aromatic N) is 2. The number of para-hydroxylation sites is 1. The molecule has 1 amide bonds. The average molecular weight is 566 g/mol. The van der Waals surface area contributed by atoms with E-state index in [1.807, 2.05) is 49.4 Å². The predicted molar refractivity (Wildman–Crippen MR) is 142 cm³/mol.